The van der Waals surface area contributed by atoms with Gasteiger partial charge in [-0.05, 0) is 6.42 Å². The van der Waals surface area contributed by atoms with E-state index in [9.17, 15) is 18.0 Å². The number of H-pyrrole nitrogens is 1. The first-order valence-electron chi connectivity index (χ1n) is 5.74. The van der Waals surface area contributed by atoms with Crippen LogP contribution in [0.4, 0.5) is 0 Å². The number of sulfonamides is 1. The van der Waals surface area contributed by atoms with E-state index in [1.165, 1.54) is 16.8 Å². The predicted octanol–water partition coefficient (Wildman–Crippen LogP) is -0.880. The molecule has 1 N–H and O–H groups in total. The van der Waals surface area contributed by atoms with Gasteiger partial charge in [0.1, 0.15) is 0 Å². The van der Waals surface area contributed by atoms with Gasteiger partial charge < -0.3 is 9.72 Å². The maximum Gasteiger partial charge on any atom is 0.318 e. The molecule has 0 saturated carbocycles. The molecule has 2 fully saturated rings. The molecule has 1 aromatic heterocycles. The summed E-state index contributed by atoms with van der Waals surface area (Å²) < 4.78 is 30.2. The van der Waals surface area contributed by atoms with Crippen molar-refractivity contribution in [3.05, 3.63) is 12.5 Å². The highest BCUT2D eigenvalue weighted by molar-refractivity contribution is 7.89. The summed E-state index contributed by atoms with van der Waals surface area (Å²) in [6.07, 6.45) is 2.77. The molecular formula is C10H11N3O5S. The van der Waals surface area contributed by atoms with Crippen LogP contribution in [0.5, 0.6) is 0 Å². The number of nitrogens with zero attached hydrogens (tertiary/aromatic N) is 2. The number of rotatable bonds is 2. The first-order valence-corrected chi connectivity index (χ1v) is 7.18. The number of carbonyl (C=O) groups excluding carboxylic acids is 2. The lowest BCUT2D eigenvalue weighted by molar-refractivity contribution is -0.153. The zero-order valence-corrected chi connectivity index (χ0v) is 10.6. The predicted molar refractivity (Wildman–Crippen MR) is 60.0 cm³/mol. The number of hydrogen-bond donors (Lipinski definition) is 1. The highest BCUT2D eigenvalue weighted by Crippen LogP contribution is 2.33. The molecule has 0 aliphatic carbocycles. The van der Waals surface area contributed by atoms with E-state index < -0.39 is 33.8 Å². The van der Waals surface area contributed by atoms with Crippen LogP contribution in [0.15, 0.2) is 17.6 Å². The third-order valence-corrected chi connectivity index (χ3v) is 5.26. The first kappa shape index (κ1) is 12.3. The van der Waals surface area contributed by atoms with Crippen molar-refractivity contribution in [3.8, 4) is 0 Å². The van der Waals surface area contributed by atoms with E-state index in [0.717, 1.165) is 0 Å². The van der Waals surface area contributed by atoms with Crippen LogP contribution in [0.1, 0.15) is 6.42 Å². The number of carbonyl (C=O) groups is 2. The molecule has 0 bridgehead atoms. The van der Waals surface area contributed by atoms with Crippen molar-refractivity contribution in [1.29, 1.82) is 0 Å². The van der Waals surface area contributed by atoms with Gasteiger partial charge in [-0.2, -0.15) is 4.31 Å². The van der Waals surface area contributed by atoms with E-state index in [0.29, 0.717) is 6.42 Å². The van der Waals surface area contributed by atoms with E-state index in [1.54, 1.807) is 0 Å². The molecule has 3 heterocycles. The fourth-order valence-electron chi connectivity index (χ4n) is 2.44. The number of nitrogens with one attached hydrogen (secondary N) is 1. The Bertz CT molecular complexity index is 624. The van der Waals surface area contributed by atoms with E-state index in [4.69, 9.17) is 0 Å². The van der Waals surface area contributed by atoms with Gasteiger partial charge in [0.25, 0.3) is 10.0 Å². The van der Waals surface area contributed by atoms with Gasteiger partial charge in [-0.1, -0.05) is 0 Å². The van der Waals surface area contributed by atoms with Crippen molar-refractivity contribution in [2.45, 2.75) is 11.4 Å². The van der Waals surface area contributed by atoms with Crippen LogP contribution in [-0.4, -0.2) is 47.7 Å². The smallest absolute Gasteiger partial charge is 0.318 e. The molecule has 2 saturated heterocycles. The molecule has 2 atom stereocenters. The number of ether oxygens (including phenoxy) is 1. The van der Waals surface area contributed by atoms with E-state index in [2.05, 4.69) is 14.7 Å². The number of hydrogen-bond acceptors (Lipinski definition) is 6. The highest BCUT2D eigenvalue weighted by Gasteiger charge is 2.49. The third kappa shape index (κ3) is 1.85. The van der Waals surface area contributed by atoms with Crippen molar-refractivity contribution >= 4 is 22.0 Å². The molecule has 0 amide bonds. The monoisotopic (exact) mass is 285 g/mol. The topological polar surface area (TPSA) is 109 Å². The quantitative estimate of drug-likeness (QED) is 0.558. The third-order valence-electron chi connectivity index (χ3n) is 3.47. The second-order valence-corrected chi connectivity index (χ2v) is 6.43. The van der Waals surface area contributed by atoms with Gasteiger partial charge in [0, 0.05) is 13.1 Å². The minimum atomic E-state index is -3.70. The standard InChI is InChI=1S/C10H11N3O5S/c14-9-6-1-2-13(4-7(6)10(15)18-9)19(16,17)8-3-11-5-12-8/h3,5-7H,1-2,4H2,(H,11,12). The number of aromatic amines is 1. The van der Waals surface area contributed by atoms with Gasteiger partial charge in [0.2, 0.25) is 0 Å². The Morgan fingerprint density at radius 3 is 2.74 bits per heavy atom. The molecule has 3 rings (SSSR count). The molecule has 2 aliphatic heterocycles. The fourth-order valence-corrected chi connectivity index (χ4v) is 3.81. The Balaban J connectivity index is 1.86. The number of piperidine rings is 1. The van der Waals surface area contributed by atoms with Crippen molar-refractivity contribution in [3.63, 3.8) is 0 Å². The molecule has 2 unspecified atom stereocenters. The molecular weight excluding hydrogens is 274 g/mol. The lowest BCUT2D eigenvalue weighted by atomic mass is 9.89. The van der Waals surface area contributed by atoms with Gasteiger partial charge >= 0.3 is 11.9 Å². The van der Waals surface area contributed by atoms with Crippen molar-refractivity contribution in [2.75, 3.05) is 13.1 Å². The first-order chi connectivity index (χ1) is 9.00. The zero-order valence-electron chi connectivity index (χ0n) is 9.77. The minimum Gasteiger partial charge on any atom is -0.393 e. The van der Waals surface area contributed by atoms with Crippen LogP contribution in [-0.2, 0) is 24.3 Å². The summed E-state index contributed by atoms with van der Waals surface area (Å²) >= 11 is 0. The van der Waals surface area contributed by atoms with E-state index >= 15 is 0 Å². The average Bonchev–Trinajstić information content (AvgIpc) is 2.99. The maximum atomic E-state index is 12.2. The van der Waals surface area contributed by atoms with E-state index in [-0.39, 0.29) is 18.1 Å². The van der Waals surface area contributed by atoms with Crippen LogP contribution >= 0.6 is 0 Å². The van der Waals surface area contributed by atoms with Crippen LogP contribution in [0.25, 0.3) is 0 Å². The largest absolute Gasteiger partial charge is 0.393 e. The fraction of sp³-hybridized carbons (Fsp3) is 0.500. The summed E-state index contributed by atoms with van der Waals surface area (Å²) in [7, 11) is -3.70. The molecule has 0 spiro atoms. The number of esters is 2. The lowest BCUT2D eigenvalue weighted by Crippen LogP contribution is -2.44. The molecule has 1 aromatic rings. The van der Waals surface area contributed by atoms with Gasteiger partial charge in [-0.25, -0.2) is 13.4 Å². The van der Waals surface area contributed by atoms with Crippen LogP contribution in [0.3, 0.4) is 0 Å². The zero-order chi connectivity index (χ0) is 13.6. The SMILES string of the molecule is O=C1OC(=O)C2CN(S(=O)(=O)c3cnc[nH]3)CCC12. The second kappa shape index (κ2) is 4.14. The van der Waals surface area contributed by atoms with Gasteiger partial charge in [-0.15, -0.1) is 0 Å². The summed E-state index contributed by atoms with van der Waals surface area (Å²) in [5.41, 5.74) is 0. The van der Waals surface area contributed by atoms with E-state index in [1.807, 2.05) is 0 Å². The van der Waals surface area contributed by atoms with Crippen LogP contribution in [0, 0.1) is 11.8 Å². The Labute approximate surface area is 108 Å². The van der Waals surface area contributed by atoms with Crippen molar-refractivity contribution in [1.82, 2.24) is 14.3 Å². The Morgan fingerprint density at radius 1 is 1.32 bits per heavy atom. The molecule has 9 heteroatoms. The number of aromatic nitrogens is 2. The average molecular weight is 285 g/mol. The minimum absolute atomic E-state index is 0.0244. The van der Waals surface area contributed by atoms with Crippen LogP contribution in [0.2, 0.25) is 0 Å². The van der Waals surface area contributed by atoms with Crippen molar-refractivity contribution in [2.24, 2.45) is 11.8 Å². The normalized spacial score (nSPS) is 28.2. The lowest BCUT2D eigenvalue weighted by Gasteiger charge is -2.30. The summed E-state index contributed by atoms with van der Waals surface area (Å²) in [5, 5.41) is -0.0244. The summed E-state index contributed by atoms with van der Waals surface area (Å²) in [5.74, 6) is -2.40. The molecule has 0 aromatic carbocycles. The molecule has 2 aliphatic rings. The second-order valence-electron chi connectivity index (χ2n) is 4.52. The Kier molecular flexibility index (Phi) is 2.68. The number of imidazole rings is 1. The molecule has 0 radical (unpaired) electrons. The molecule has 102 valence electrons. The molecule has 19 heavy (non-hydrogen) atoms. The Hall–Kier alpha value is -1.74. The van der Waals surface area contributed by atoms with Crippen molar-refractivity contribution < 1.29 is 22.7 Å². The summed E-state index contributed by atoms with van der Waals surface area (Å²) in [6, 6.07) is 0. The number of cyclic esters (lactones) is 2. The summed E-state index contributed by atoms with van der Waals surface area (Å²) in [4.78, 5) is 29.1. The number of fused-ring (bicyclic) bond motifs is 1. The summed E-state index contributed by atoms with van der Waals surface area (Å²) in [6.45, 7) is 0.154. The van der Waals surface area contributed by atoms with Gasteiger partial charge in [0.05, 0.1) is 24.4 Å². The maximum absolute atomic E-state index is 12.2. The van der Waals surface area contributed by atoms with Crippen LogP contribution < -0.4 is 0 Å². The highest BCUT2D eigenvalue weighted by atomic mass is 32.2. The van der Waals surface area contributed by atoms with Gasteiger partial charge in [0.15, 0.2) is 5.03 Å². The Morgan fingerprint density at radius 2 is 2.05 bits per heavy atom. The molecule has 8 nitrogen and oxygen atoms in total. The van der Waals surface area contributed by atoms with Gasteiger partial charge in [-0.3, -0.25) is 9.59 Å².